The summed E-state index contributed by atoms with van der Waals surface area (Å²) in [6.45, 7) is 5.80. The van der Waals surface area contributed by atoms with Crippen molar-refractivity contribution in [3.8, 4) is 0 Å². The molecule has 1 saturated heterocycles. The number of nitrogens with one attached hydrogen (secondary N) is 1. The minimum atomic E-state index is 0.0242. The maximum absolute atomic E-state index is 12.3. The number of likely N-dealkylation sites (tertiary alicyclic amines) is 1. The highest BCUT2D eigenvalue weighted by Crippen LogP contribution is 2.19. The zero-order valence-corrected chi connectivity index (χ0v) is 11.4. The van der Waals surface area contributed by atoms with E-state index in [2.05, 4.69) is 12.2 Å². The number of piperidine rings is 1. The smallest absolute Gasteiger partial charge is 0.289 e. The summed E-state index contributed by atoms with van der Waals surface area (Å²) in [6.07, 6.45) is 1.83. The molecule has 0 bridgehead atoms. The maximum atomic E-state index is 12.3. The lowest BCUT2D eigenvalue weighted by Gasteiger charge is -2.36. The van der Waals surface area contributed by atoms with E-state index in [1.165, 1.54) is 0 Å². The zero-order chi connectivity index (χ0) is 13.1. The molecule has 1 fully saturated rings. The van der Waals surface area contributed by atoms with Crippen molar-refractivity contribution in [3.05, 3.63) is 23.7 Å². The Kier molecular flexibility index (Phi) is 4.07. The first-order valence-electron chi connectivity index (χ1n) is 6.71. The lowest BCUT2D eigenvalue weighted by Crippen LogP contribution is -2.49. The first-order chi connectivity index (χ1) is 8.65. The van der Waals surface area contributed by atoms with E-state index in [1.54, 1.807) is 6.07 Å². The van der Waals surface area contributed by atoms with Crippen molar-refractivity contribution in [1.82, 2.24) is 10.2 Å². The fourth-order valence-corrected chi connectivity index (χ4v) is 2.60. The van der Waals surface area contributed by atoms with Gasteiger partial charge in [0.2, 0.25) is 0 Å². The van der Waals surface area contributed by atoms with Crippen LogP contribution in [0.15, 0.2) is 16.5 Å². The van der Waals surface area contributed by atoms with Gasteiger partial charge in [0.15, 0.2) is 5.76 Å². The molecule has 2 heterocycles. The number of aryl methyl sites for hydroxylation is 1. The third-order valence-electron chi connectivity index (χ3n) is 3.78. The molecular weight excluding hydrogens is 228 g/mol. The molecule has 0 saturated carbocycles. The van der Waals surface area contributed by atoms with Gasteiger partial charge in [-0.3, -0.25) is 4.79 Å². The third-order valence-corrected chi connectivity index (χ3v) is 3.78. The van der Waals surface area contributed by atoms with Gasteiger partial charge in [0, 0.05) is 25.6 Å². The summed E-state index contributed by atoms with van der Waals surface area (Å²) in [6, 6.07) is 4.18. The highest BCUT2D eigenvalue weighted by atomic mass is 16.4. The highest BCUT2D eigenvalue weighted by molar-refractivity contribution is 5.91. The van der Waals surface area contributed by atoms with Crippen LogP contribution in [0.1, 0.15) is 36.6 Å². The first-order valence-corrected chi connectivity index (χ1v) is 6.71. The van der Waals surface area contributed by atoms with Gasteiger partial charge < -0.3 is 14.6 Å². The summed E-state index contributed by atoms with van der Waals surface area (Å²) in [4.78, 5) is 14.2. The summed E-state index contributed by atoms with van der Waals surface area (Å²) < 4.78 is 5.53. The second-order valence-electron chi connectivity index (χ2n) is 5.03. The van der Waals surface area contributed by atoms with Crippen molar-refractivity contribution in [1.29, 1.82) is 0 Å². The first kappa shape index (κ1) is 13.1. The van der Waals surface area contributed by atoms with Crippen LogP contribution in [0.5, 0.6) is 0 Å². The molecule has 0 radical (unpaired) electrons. The second-order valence-corrected chi connectivity index (χ2v) is 5.03. The number of furan rings is 1. The Labute approximate surface area is 108 Å². The van der Waals surface area contributed by atoms with E-state index in [0.29, 0.717) is 17.7 Å². The summed E-state index contributed by atoms with van der Waals surface area (Å²) >= 11 is 0. The van der Waals surface area contributed by atoms with Gasteiger partial charge in [0.05, 0.1) is 0 Å². The van der Waals surface area contributed by atoms with Gasteiger partial charge in [-0.15, -0.1) is 0 Å². The molecule has 1 amide bonds. The number of hydrogen-bond donors (Lipinski definition) is 1. The minimum absolute atomic E-state index is 0.0242. The number of nitrogens with zero attached hydrogens (tertiary/aromatic N) is 1. The predicted octanol–water partition coefficient (Wildman–Crippen LogP) is 1.91. The van der Waals surface area contributed by atoms with Crippen molar-refractivity contribution < 1.29 is 9.21 Å². The van der Waals surface area contributed by atoms with E-state index >= 15 is 0 Å². The van der Waals surface area contributed by atoms with Crippen molar-refractivity contribution in [2.75, 3.05) is 20.1 Å². The molecule has 2 unspecified atom stereocenters. The molecule has 100 valence electrons. The van der Waals surface area contributed by atoms with Gasteiger partial charge in [-0.25, -0.2) is 0 Å². The quantitative estimate of drug-likeness (QED) is 0.891. The number of carbonyl (C=O) groups excluding carboxylic acids is 1. The number of carbonyl (C=O) groups is 1. The Morgan fingerprint density at radius 2 is 2.33 bits per heavy atom. The molecule has 1 aromatic heterocycles. The van der Waals surface area contributed by atoms with Crippen LogP contribution in [-0.2, 0) is 6.42 Å². The van der Waals surface area contributed by atoms with E-state index in [4.69, 9.17) is 4.42 Å². The molecular formula is C14H22N2O2. The molecule has 2 rings (SSSR count). The van der Waals surface area contributed by atoms with Gasteiger partial charge in [-0.05, 0) is 31.5 Å². The molecule has 0 aromatic carbocycles. The monoisotopic (exact) mass is 250 g/mol. The van der Waals surface area contributed by atoms with Crippen molar-refractivity contribution in [3.63, 3.8) is 0 Å². The fourth-order valence-electron chi connectivity index (χ4n) is 2.60. The zero-order valence-electron chi connectivity index (χ0n) is 11.4. The van der Waals surface area contributed by atoms with Crippen LogP contribution in [0.4, 0.5) is 0 Å². The van der Waals surface area contributed by atoms with Crippen LogP contribution in [0.2, 0.25) is 0 Å². The van der Waals surface area contributed by atoms with E-state index in [9.17, 15) is 4.79 Å². The molecule has 4 nitrogen and oxygen atoms in total. The molecule has 1 N–H and O–H groups in total. The van der Waals surface area contributed by atoms with E-state index in [1.807, 2.05) is 24.9 Å². The molecule has 1 aromatic rings. The van der Waals surface area contributed by atoms with Crippen LogP contribution in [0.3, 0.4) is 0 Å². The fraction of sp³-hybridized carbons (Fsp3) is 0.643. The average Bonchev–Trinajstić information content (AvgIpc) is 2.86. The molecule has 1 aliphatic heterocycles. The van der Waals surface area contributed by atoms with Gasteiger partial charge in [0.25, 0.3) is 5.91 Å². The average molecular weight is 250 g/mol. The van der Waals surface area contributed by atoms with Crippen LogP contribution < -0.4 is 5.32 Å². The number of amides is 1. The summed E-state index contributed by atoms with van der Waals surface area (Å²) in [5.74, 6) is 1.85. The predicted molar refractivity (Wildman–Crippen MR) is 70.6 cm³/mol. The van der Waals surface area contributed by atoms with Crippen LogP contribution in [0.25, 0.3) is 0 Å². The Balaban J connectivity index is 2.02. The molecule has 0 spiro atoms. The molecule has 4 heteroatoms. The van der Waals surface area contributed by atoms with Crippen molar-refractivity contribution in [2.45, 2.75) is 32.7 Å². The van der Waals surface area contributed by atoms with E-state index in [0.717, 1.165) is 31.7 Å². The van der Waals surface area contributed by atoms with Gasteiger partial charge in [-0.2, -0.15) is 0 Å². The lowest BCUT2D eigenvalue weighted by molar-refractivity contribution is 0.0616. The third kappa shape index (κ3) is 2.58. The van der Waals surface area contributed by atoms with Gasteiger partial charge >= 0.3 is 0 Å². The van der Waals surface area contributed by atoms with Crippen molar-refractivity contribution >= 4 is 5.91 Å². The maximum Gasteiger partial charge on any atom is 0.289 e. The van der Waals surface area contributed by atoms with E-state index in [-0.39, 0.29) is 5.91 Å². The second kappa shape index (κ2) is 5.57. The van der Waals surface area contributed by atoms with Gasteiger partial charge in [-0.1, -0.05) is 13.8 Å². The SMILES string of the molecule is CCc1ccc(C(=O)N2CCC(NC)C(C)C2)o1. The molecule has 0 aliphatic carbocycles. The summed E-state index contributed by atoms with van der Waals surface area (Å²) in [7, 11) is 1.98. The Bertz CT molecular complexity index is 414. The van der Waals surface area contributed by atoms with Crippen LogP contribution >= 0.6 is 0 Å². The van der Waals surface area contributed by atoms with Crippen LogP contribution in [-0.4, -0.2) is 37.0 Å². The topological polar surface area (TPSA) is 45.5 Å². The normalized spacial score (nSPS) is 24.3. The Morgan fingerprint density at radius 1 is 1.56 bits per heavy atom. The Hall–Kier alpha value is -1.29. The summed E-state index contributed by atoms with van der Waals surface area (Å²) in [5, 5.41) is 3.30. The molecule has 1 aliphatic rings. The number of hydrogen-bond acceptors (Lipinski definition) is 3. The Morgan fingerprint density at radius 3 is 2.89 bits per heavy atom. The highest BCUT2D eigenvalue weighted by Gasteiger charge is 2.29. The van der Waals surface area contributed by atoms with E-state index < -0.39 is 0 Å². The van der Waals surface area contributed by atoms with Gasteiger partial charge in [0.1, 0.15) is 5.76 Å². The minimum Gasteiger partial charge on any atom is -0.456 e. The van der Waals surface area contributed by atoms with Crippen molar-refractivity contribution in [2.24, 2.45) is 5.92 Å². The number of rotatable bonds is 3. The lowest BCUT2D eigenvalue weighted by atomic mass is 9.94. The standard InChI is InChI=1S/C14H22N2O2/c1-4-11-5-6-13(18-11)14(17)16-8-7-12(15-3)10(2)9-16/h5-6,10,12,15H,4,7-9H2,1-3H3. The van der Waals surface area contributed by atoms with Crippen LogP contribution in [0, 0.1) is 5.92 Å². The largest absolute Gasteiger partial charge is 0.456 e. The molecule has 2 atom stereocenters. The molecule has 18 heavy (non-hydrogen) atoms. The summed E-state index contributed by atoms with van der Waals surface area (Å²) in [5.41, 5.74) is 0.